The van der Waals surface area contributed by atoms with E-state index in [1.165, 1.54) is 0 Å². The van der Waals surface area contributed by atoms with Crippen LogP contribution in [0.2, 0.25) is 0 Å². The van der Waals surface area contributed by atoms with Gasteiger partial charge in [-0.2, -0.15) is 0 Å². The quantitative estimate of drug-likeness (QED) is 0.827. The van der Waals surface area contributed by atoms with Crippen molar-refractivity contribution in [2.45, 2.75) is 13.8 Å². The third-order valence-electron chi connectivity index (χ3n) is 2.64. The molecule has 0 saturated carbocycles. The van der Waals surface area contributed by atoms with Crippen LogP contribution in [0.1, 0.15) is 11.1 Å². The van der Waals surface area contributed by atoms with Crippen LogP contribution in [-0.4, -0.2) is 33.1 Å². The van der Waals surface area contributed by atoms with Gasteiger partial charge in [-0.15, -0.1) is 0 Å². The molecule has 4 nitrogen and oxygen atoms in total. The number of sulfone groups is 1. The fourth-order valence-electron chi connectivity index (χ4n) is 1.44. The van der Waals surface area contributed by atoms with Gasteiger partial charge in [0.1, 0.15) is 12.4 Å². The maximum Gasteiger partial charge on any atom is 0.154 e. The van der Waals surface area contributed by atoms with Crippen LogP contribution in [0.4, 0.5) is 0 Å². The van der Waals surface area contributed by atoms with E-state index < -0.39 is 9.84 Å². The van der Waals surface area contributed by atoms with Gasteiger partial charge in [0.2, 0.25) is 0 Å². The van der Waals surface area contributed by atoms with Crippen LogP contribution < -0.4 is 10.5 Å². The van der Waals surface area contributed by atoms with Gasteiger partial charge >= 0.3 is 0 Å². The zero-order chi connectivity index (χ0) is 12.9. The fourth-order valence-corrected chi connectivity index (χ4v) is 2.34. The molecular formula is C12H19NO3S. The number of hydrogen-bond donors (Lipinski definition) is 1. The highest BCUT2D eigenvalue weighted by Gasteiger charge is 2.10. The van der Waals surface area contributed by atoms with E-state index in [0.717, 1.165) is 16.9 Å². The Labute approximate surface area is 103 Å². The summed E-state index contributed by atoms with van der Waals surface area (Å²) in [4.78, 5) is 0. The van der Waals surface area contributed by atoms with E-state index in [1.807, 2.05) is 32.0 Å². The average Bonchev–Trinajstić information content (AvgIpc) is 2.24. The van der Waals surface area contributed by atoms with E-state index in [-0.39, 0.29) is 24.7 Å². The Bertz CT molecular complexity index is 469. The first-order valence-corrected chi connectivity index (χ1v) is 7.38. The molecule has 0 heterocycles. The maximum atomic E-state index is 11.4. The molecule has 0 saturated heterocycles. The lowest BCUT2D eigenvalue weighted by atomic mass is 10.1. The average molecular weight is 257 g/mol. The van der Waals surface area contributed by atoms with Gasteiger partial charge in [0.15, 0.2) is 9.84 Å². The minimum absolute atomic E-state index is 0.0115. The standard InChI is InChI=1S/C12H19NO3S/c1-10-4-3-5-12(11(10)2)16-7-9-17(14,15)8-6-13/h3-5H,6-9,13H2,1-2H3. The third kappa shape index (κ3) is 4.36. The van der Waals surface area contributed by atoms with E-state index in [9.17, 15) is 8.42 Å². The first-order valence-electron chi connectivity index (χ1n) is 5.56. The molecule has 0 spiro atoms. The van der Waals surface area contributed by atoms with Gasteiger partial charge in [0.25, 0.3) is 0 Å². The first-order chi connectivity index (χ1) is 7.96. The Hall–Kier alpha value is -1.07. The van der Waals surface area contributed by atoms with Crippen LogP contribution in [0.3, 0.4) is 0 Å². The molecular weight excluding hydrogens is 238 g/mol. The molecule has 96 valence electrons. The predicted octanol–water partition coefficient (Wildman–Crippen LogP) is 1.06. The molecule has 0 bridgehead atoms. The van der Waals surface area contributed by atoms with Crippen LogP contribution >= 0.6 is 0 Å². The molecule has 17 heavy (non-hydrogen) atoms. The highest BCUT2D eigenvalue weighted by Crippen LogP contribution is 2.20. The summed E-state index contributed by atoms with van der Waals surface area (Å²) in [5.41, 5.74) is 7.40. The van der Waals surface area contributed by atoms with Crippen molar-refractivity contribution in [1.29, 1.82) is 0 Å². The van der Waals surface area contributed by atoms with Crippen molar-refractivity contribution in [3.63, 3.8) is 0 Å². The van der Waals surface area contributed by atoms with Crippen LogP contribution in [0.25, 0.3) is 0 Å². The number of rotatable bonds is 6. The van der Waals surface area contributed by atoms with Gasteiger partial charge < -0.3 is 10.5 Å². The summed E-state index contributed by atoms with van der Waals surface area (Å²) in [7, 11) is -3.07. The summed E-state index contributed by atoms with van der Waals surface area (Å²) in [5, 5.41) is 0. The normalized spacial score (nSPS) is 11.5. The Balaban J connectivity index is 2.55. The zero-order valence-electron chi connectivity index (χ0n) is 10.3. The summed E-state index contributed by atoms with van der Waals surface area (Å²) in [6.07, 6.45) is 0. The number of hydrogen-bond acceptors (Lipinski definition) is 4. The molecule has 0 atom stereocenters. The second-order valence-corrected chi connectivity index (χ2v) is 6.29. The maximum absolute atomic E-state index is 11.4. The summed E-state index contributed by atoms with van der Waals surface area (Å²) in [6, 6.07) is 5.73. The van der Waals surface area contributed by atoms with Gasteiger partial charge in [-0.05, 0) is 31.0 Å². The third-order valence-corrected chi connectivity index (χ3v) is 4.28. The second-order valence-electron chi connectivity index (χ2n) is 3.99. The molecule has 0 aliphatic carbocycles. The second kappa shape index (κ2) is 6.02. The molecule has 0 unspecified atom stereocenters. The monoisotopic (exact) mass is 257 g/mol. The molecule has 0 aliphatic heterocycles. The van der Waals surface area contributed by atoms with E-state index in [4.69, 9.17) is 10.5 Å². The van der Waals surface area contributed by atoms with Gasteiger partial charge in [0.05, 0.1) is 11.5 Å². The minimum atomic E-state index is -3.07. The molecule has 0 aliphatic rings. The van der Waals surface area contributed by atoms with E-state index in [0.29, 0.717) is 0 Å². The topological polar surface area (TPSA) is 69.4 Å². The van der Waals surface area contributed by atoms with Crippen molar-refractivity contribution in [2.24, 2.45) is 5.73 Å². The SMILES string of the molecule is Cc1cccc(OCCS(=O)(=O)CCN)c1C. The zero-order valence-corrected chi connectivity index (χ0v) is 11.1. The molecule has 1 aromatic rings. The molecule has 0 fully saturated rings. The van der Waals surface area contributed by atoms with Crippen molar-refractivity contribution in [1.82, 2.24) is 0 Å². The van der Waals surface area contributed by atoms with E-state index in [2.05, 4.69) is 0 Å². The van der Waals surface area contributed by atoms with Crippen LogP contribution in [0.15, 0.2) is 18.2 Å². The van der Waals surface area contributed by atoms with Gasteiger partial charge in [-0.25, -0.2) is 8.42 Å². The summed E-state index contributed by atoms with van der Waals surface area (Å²) < 4.78 is 28.3. The first kappa shape index (κ1) is 14.0. The molecule has 0 aromatic heterocycles. The van der Waals surface area contributed by atoms with E-state index >= 15 is 0 Å². The Morgan fingerprint density at radius 3 is 2.59 bits per heavy atom. The highest BCUT2D eigenvalue weighted by atomic mass is 32.2. The van der Waals surface area contributed by atoms with E-state index in [1.54, 1.807) is 0 Å². The Morgan fingerprint density at radius 2 is 1.94 bits per heavy atom. The van der Waals surface area contributed by atoms with Crippen molar-refractivity contribution in [3.05, 3.63) is 29.3 Å². The number of benzene rings is 1. The Morgan fingerprint density at radius 1 is 1.24 bits per heavy atom. The number of nitrogens with two attached hydrogens (primary N) is 1. The van der Waals surface area contributed by atoms with Gasteiger partial charge in [0, 0.05) is 6.54 Å². The molecule has 1 rings (SSSR count). The lowest BCUT2D eigenvalue weighted by Crippen LogP contribution is -2.22. The van der Waals surface area contributed by atoms with Crippen LogP contribution in [0, 0.1) is 13.8 Å². The largest absolute Gasteiger partial charge is 0.492 e. The van der Waals surface area contributed by atoms with Crippen molar-refractivity contribution < 1.29 is 13.2 Å². The number of aryl methyl sites for hydroxylation is 1. The van der Waals surface area contributed by atoms with Crippen LogP contribution in [0.5, 0.6) is 5.75 Å². The summed E-state index contributed by atoms with van der Waals surface area (Å²) in [5.74, 6) is 0.772. The molecule has 0 amide bonds. The molecule has 1 aromatic carbocycles. The van der Waals surface area contributed by atoms with Gasteiger partial charge in [-0.3, -0.25) is 0 Å². The smallest absolute Gasteiger partial charge is 0.154 e. The fraction of sp³-hybridized carbons (Fsp3) is 0.500. The lowest BCUT2D eigenvalue weighted by molar-refractivity contribution is 0.338. The molecule has 2 N–H and O–H groups in total. The highest BCUT2D eigenvalue weighted by molar-refractivity contribution is 7.91. The molecule has 0 radical (unpaired) electrons. The van der Waals surface area contributed by atoms with Gasteiger partial charge in [-0.1, -0.05) is 12.1 Å². The summed E-state index contributed by atoms with van der Waals surface area (Å²) >= 11 is 0. The lowest BCUT2D eigenvalue weighted by Gasteiger charge is -2.10. The van der Waals surface area contributed by atoms with Crippen molar-refractivity contribution in [2.75, 3.05) is 24.7 Å². The number of ether oxygens (including phenoxy) is 1. The van der Waals surface area contributed by atoms with Crippen molar-refractivity contribution in [3.8, 4) is 5.75 Å². The van der Waals surface area contributed by atoms with Crippen molar-refractivity contribution >= 4 is 9.84 Å². The predicted molar refractivity (Wildman–Crippen MR) is 69.1 cm³/mol. The minimum Gasteiger partial charge on any atom is -0.492 e. The summed E-state index contributed by atoms with van der Waals surface area (Å²) in [6.45, 7) is 4.28. The molecule has 5 heteroatoms. The van der Waals surface area contributed by atoms with Crippen LogP contribution in [-0.2, 0) is 9.84 Å². The Kier molecular flexibility index (Phi) is 4.96.